The zero-order chi connectivity index (χ0) is 15.0. The van der Waals surface area contributed by atoms with Gasteiger partial charge in [0.05, 0.1) is 12.8 Å². The van der Waals surface area contributed by atoms with Crippen LogP contribution >= 0.6 is 0 Å². The molecule has 0 radical (unpaired) electrons. The number of imide groups is 1. The topological polar surface area (TPSA) is 67.4 Å². The highest BCUT2D eigenvalue weighted by atomic mass is 16.5. The van der Waals surface area contributed by atoms with Crippen molar-refractivity contribution in [1.29, 1.82) is 0 Å². The molecule has 0 aliphatic rings. The van der Waals surface area contributed by atoms with Gasteiger partial charge in [-0.2, -0.15) is 0 Å². The number of ether oxygens (including phenoxy) is 1. The van der Waals surface area contributed by atoms with Crippen LogP contribution in [-0.4, -0.2) is 25.5 Å². The molecule has 0 heterocycles. The van der Waals surface area contributed by atoms with E-state index in [1.807, 2.05) is 25.1 Å². The Bertz CT molecular complexity index is 460. The molecule has 1 aromatic rings. The summed E-state index contributed by atoms with van der Waals surface area (Å²) in [6.45, 7) is 4.06. The predicted octanol–water partition coefficient (Wildman–Crippen LogP) is 2.11. The van der Waals surface area contributed by atoms with Gasteiger partial charge in [0.25, 0.3) is 0 Å². The average molecular weight is 278 g/mol. The summed E-state index contributed by atoms with van der Waals surface area (Å²) in [4.78, 5) is 22.2. The molecule has 2 N–H and O–H groups in total. The van der Waals surface area contributed by atoms with E-state index in [1.165, 1.54) is 0 Å². The molecule has 1 unspecified atom stereocenters. The Labute approximate surface area is 119 Å². The lowest BCUT2D eigenvalue weighted by atomic mass is 10.1. The molecule has 1 rings (SSSR count). The monoisotopic (exact) mass is 278 g/mol. The molecule has 1 atom stereocenters. The second kappa shape index (κ2) is 8.19. The highest BCUT2D eigenvalue weighted by molar-refractivity contribution is 5.92. The van der Waals surface area contributed by atoms with Crippen molar-refractivity contribution < 1.29 is 14.3 Å². The Hall–Kier alpha value is -2.04. The lowest BCUT2D eigenvalue weighted by Crippen LogP contribution is -2.39. The van der Waals surface area contributed by atoms with E-state index in [0.717, 1.165) is 24.1 Å². The minimum atomic E-state index is -0.452. The third kappa shape index (κ3) is 4.26. The maximum atomic E-state index is 11.8. The van der Waals surface area contributed by atoms with E-state index < -0.39 is 6.04 Å². The predicted molar refractivity (Wildman–Crippen MR) is 78.9 cm³/mol. The van der Waals surface area contributed by atoms with Gasteiger partial charge in [-0.05, 0) is 30.5 Å². The van der Waals surface area contributed by atoms with Crippen molar-refractivity contribution in [2.24, 2.45) is 0 Å². The van der Waals surface area contributed by atoms with Crippen LogP contribution in [0.15, 0.2) is 18.2 Å². The van der Waals surface area contributed by atoms with Crippen LogP contribution in [0.1, 0.15) is 32.3 Å². The molecule has 5 heteroatoms. The van der Waals surface area contributed by atoms with Crippen LogP contribution in [0.25, 0.3) is 0 Å². The summed E-state index contributed by atoms with van der Waals surface area (Å²) in [7, 11) is 1.60. The number of amides is 2. The number of carbonyl (C=O) groups is 2. The number of methoxy groups -OCH3 is 1. The molecule has 0 aliphatic heterocycles. The minimum absolute atomic E-state index is 0.330. The van der Waals surface area contributed by atoms with Crippen LogP contribution in [0, 0.1) is 0 Å². The lowest BCUT2D eigenvalue weighted by Gasteiger charge is -2.19. The number of carbonyl (C=O) groups excluding carboxylic acids is 2. The lowest BCUT2D eigenvalue weighted by molar-refractivity contribution is -0.125. The molecule has 0 saturated heterocycles. The first-order valence-corrected chi connectivity index (χ1v) is 6.83. The molecule has 0 fully saturated rings. The fourth-order valence-corrected chi connectivity index (χ4v) is 1.98. The first-order valence-electron chi connectivity index (χ1n) is 6.83. The van der Waals surface area contributed by atoms with E-state index in [-0.39, 0.29) is 5.91 Å². The molecule has 0 spiro atoms. The van der Waals surface area contributed by atoms with Gasteiger partial charge in [0, 0.05) is 0 Å². The van der Waals surface area contributed by atoms with E-state index in [0.29, 0.717) is 18.6 Å². The number of hydrogen-bond donors (Lipinski definition) is 2. The van der Waals surface area contributed by atoms with Gasteiger partial charge < -0.3 is 10.1 Å². The van der Waals surface area contributed by atoms with Crippen LogP contribution in [-0.2, 0) is 16.0 Å². The maximum Gasteiger partial charge on any atom is 0.248 e. The third-order valence-electron chi connectivity index (χ3n) is 3.10. The number of benzene rings is 1. The van der Waals surface area contributed by atoms with Crippen LogP contribution in [0.3, 0.4) is 0 Å². The van der Waals surface area contributed by atoms with Crippen molar-refractivity contribution in [3.8, 4) is 5.75 Å². The van der Waals surface area contributed by atoms with E-state index in [1.54, 1.807) is 7.11 Å². The summed E-state index contributed by atoms with van der Waals surface area (Å²) in [5.74, 6) is 0.368. The zero-order valence-corrected chi connectivity index (χ0v) is 12.2. The van der Waals surface area contributed by atoms with Crippen molar-refractivity contribution in [3.63, 3.8) is 0 Å². The van der Waals surface area contributed by atoms with Crippen molar-refractivity contribution in [2.45, 2.75) is 39.2 Å². The Balaban J connectivity index is 2.92. The zero-order valence-electron chi connectivity index (χ0n) is 12.2. The largest absolute Gasteiger partial charge is 0.495 e. The Morgan fingerprint density at radius 3 is 2.70 bits per heavy atom. The van der Waals surface area contributed by atoms with Gasteiger partial charge in [-0.1, -0.05) is 26.3 Å². The number of aryl methyl sites for hydroxylation is 1. The number of anilines is 1. The summed E-state index contributed by atoms with van der Waals surface area (Å²) in [5.41, 5.74) is 1.92. The smallest absolute Gasteiger partial charge is 0.248 e. The molecule has 110 valence electrons. The molecule has 2 amide bonds. The van der Waals surface area contributed by atoms with Gasteiger partial charge >= 0.3 is 0 Å². The van der Waals surface area contributed by atoms with Crippen LogP contribution in [0.5, 0.6) is 5.75 Å². The summed E-state index contributed by atoms with van der Waals surface area (Å²) in [6, 6.07) is 5.38. The van der Waals surface area contributed by atoms with Crippen molar-refractivity contribution in [2.75, 3.05) is 12.4 Å². The second-order valence-electron chi connectivity index (χ2n) is 4.50. The fourth-order valence-electron chi connectivity index (χ4n) is 1.98. The second-order valence-corrected chi connectivity index (χ2v) is 4.50. The van der Waals surface area contributed by atoms with Crippen molar-refractivity contribution in [3.05, 3.63) is 23.8 Å². The van der Waals surface area contributed by atoms with E-state index in [2.05, 4.69) is 17.6 Å². The SMILES string of the molecule is CCCC(Nc1ccc(CC)cc1OC)C(=O)NC=O. The van der Waals surface area contributed by atoms with Crippen LogP contribution in [0.4, 0.5) is 5.69 Å². The number of hydrogen-bond acceptors (Lipinski definition) is 4. The fraction of sp³-hybridized carbons (Fsp3) is 0.467. The van der Waals surface area contributed by atoms with Crippen LogP contribution in [0.2, 0.25) is 0 Å². The average Bonchev–Trinajstić information content (AvgIpc) is 2.47. The molecular formula is C15H22N2O3. The molecule has 0 aliphatic carbocycles. The molecule has 20 heavy (non-hydrogen) atoms. The Morgan fingerprint density at radius 1 is 1.40 bits per heavy atom. The first kappa shape index (κ1) is 16.0. The van der Waals surface area contributed by atoms with E-state index in [4.69, 9.17) is 4.74 Å². The highest BCUT2D eigenvalue weighted by Gasteiger charge is 2.18. The molecule has 1 aromatic carbocycles. The van der Waals surface area contributed by atoms with E-state index in [9.17, 15) is 9.59 Å². The van der Waals surface area contributed by atoms with E-state index >= 15 is 0 Å². The minimum Gasteiger partial charge on any atom is -0.495 e. The number of rotatable bonds is 8. The summed E-state index contributed by atoms with van der Waals surface area (Å²) in [6.07, 6.45) is 2.79. The molecule has 0 bridgehead atoms. The van der Waals surface area contributed by atoms with Crippen LogP contribution < -0.4 is 15.4 Å². The maximum absolute atomic E-state index is 11.8. The van der Waals surface area contributed by atoms with Gasteiger partial charge in [0.1, 0.15) is 11.8 Å². The molecule has 5 nitrogen and oxygen atoms in total. The Kier molecular flexibility index (Phi) is 6.56. The van der Waals surface area contributed by atoms with Gasteiger partial charge in [-0.25, -0.2) is 0 Å². The van der Waals surface area contributed by atoms with Crippen molar-refractivity contribution in [1.82, 2.24) is 5.32 Å². The quantitative estimate of drug-likeness (QED) is 0.715. The summed E-state index contributed by atoms with van der Waals surface area (Å²) in [5, 5.41) is 5.33. The van der Waals surface area contributed by atoms with Gasteiger partial charge in [-0.15, -0.1) is 0 Å². The van der Waals surface area contributed by atoms with Gasteiger partial charge in [0.15, 0.2) is 0 Å². The first-order chi connectivity index (χ1) is 9.65. The summed E-state index contributed by atoms with van der Waals surface area (Å²) >= 11 is 0. The molecular weight excluding hydrogens is 256 g/mol. The summed E-state index contributed by atoms with van der Waals surface area (Å²) < 4.78 is 5.34. The third-order valence-corrected chi connectivity index (χ3v) is 3.10. The van der Waals surface area contributed by atoms with Gasteiger partial charge in [0.2, 0.25) is 12.3 Å². The molecule has 0 saturated carbocycles. The van der Waals surface area contributed by atoms with Crippen molar-refractivity contribution >= 4 is 18.0 Å². The molecule has 0 aromatic heterocycles. The van der Waals surface area contributed by atoms with Gasteiger partial charge in [-0.3, -0.25) is 14.9 Å². The standard InChI is InChI=1S/C15H22N2O3/c1-4-6-13(15(19)16-10-18)17-12-8-7-11(5-2)9-14(12)20-3/h7-10,13,17H,4-6H2,1-3H3,(H,16,18,19). The normalized spacial score (nSPS) is 11.6. The Morgan fingerprint density at radius 2 is 2.15 bits per heavy atom. The highest BCUT2D eigenvalue weighted by Crippen LogP contribution is 2.27. The number of nitrogens with one attached hydrogen (secondary N) is 2.